The molecular weight excluding hydrogens is 296 g/mol. The molecule has 1 unspecified atom stereocenters. The average molecular weight is 314 g/mol. The first-order chi connectivity index (χ1) is 9.54. The van der Waals surface area contributed by atoms with Crippen molar-refractivity contribution >= 4 is 27.3 Å². The summed E-state index contributed by atoms with van der Waals surface area (Å²) in [5, 5.41) is 2.35. The normalized spacial score (nSPS) is 28.7. The molecule has 20 heavy (non-hydrogen) atoms. The molecule has 0 aliphatic heterocycles. The highest BCUT2D eigenvalue weighted by atomic mass is 32.2. The lowest BCUT2D eigenvalue weighted by Crippen LogP contribution is -2.40. The fourth-order valence-corrected chi connectivity index (χ4v) is 5.92. The van der Waals surface area contributed by atoms with E-state index in [0.29, 0.717) is 12.3 Å². The van der Waals surface area contributed by atoms with Gasteiger partial charge in [-0.15, -0.1) is 11.3 Å². The van der Waals surface area contributed by atoms with Gasteiger partial charge in [0.15, 0.2) is 0 Å². The van der Waals surface area contributed by atoms with Gasteiger partial charge in [0.25, 0.3) is 0 Å². The van der Waals surface area contributed by atoms with Gasteiger partial charge in [0.2, 0.25) is 15.9 Å². The number of nitrogens with zero attached hydrogens (tertiary/aromatic N) is 1. The second-order valence-electron chi connectivity index (χ2n) is 5.71. The van der Waals surface area contributed by atoms with Crippen molar-refractivity contribution in [3.05, 3.63) is 16.6 Å². The number of hydrogen-bond acceptors (Lipinski definition) is 5. The molecule has 0 aromatic carbocycles. The maximum atomic E-state index is 12.2. The number of rotatable bonds is 5. The fourth-order valence-electron chi connectivity index (χ4n) is 3.45. The van der Waals surface area contributed by atoms with Gasteiger partial charge < -0.3 is 0 Å². The van der Waals surface area contributed by atoms with Crippen LogP contribution in [0.5, 0.6) is 0 Å². The minimum Gasteiger partial charge on any atom is -0.274 e. The zero-order valence-electron chi connectivity index (χ0n) is 11.1. The molecule has 2 bridgehead atoms. The molecule has 1 aromatic heterocycles. The van der Waals surface area contributed by atoms with E-state index in [1.807, 2.05) is 5.38 Å². The summed E-state index contributed by atoms with van der Waals surface area (Å²) in [6.07, 6.45) is 6.23. The van der Waals surface area contributed by atoms with Crippen LogP contribution in [0.2, 0.25) is 0 Å². The van der Waals surface area contributed by atoms with Gasteiger partial charge in [-0.1, -0.05) is 6.42 Å². The van der Waals surface area contributed by atoms with E-state index >= 15 is 0 Å². The van der Waals surface area contributed by atoms with Gasteiger partial charge in [-0.05, 0) is 31.1 Å². The number of amides is 1. The topological polar surface area (TPSA) is 76.1 Å². The molecule has 2 aliphatic rings. The standard InChI is InChI=1S/C13H18N2O3S2/c16-12(3-4-13-14-5-6-19-13)15-20(17,18)11-8-9-1-2-10(11)7-9/h5-6,9-11H,1-4,7-8H2,(H,15,16)/t9-,10+,11?/m1/s1. The van der Waals surface area contributed by atoms with Gasteiger partial charge in [-0.25, -0.2) is 13.4 Å². The molecule has 1 amide bonds. The third-order valence-corrected chi connectivity index (χ3v) is 7.10. The number of nitrogens with one attached hydrogen (secondary N) is 1. The lowest BCUT2D eigenvalue weighted by atomic mass is 10.0. The van der Waals surface area contributed by atoms with Crippen LogP contribution >= 0.6 is 11.3 Å². The maximum absolute atomic E-state index is 12.2. The third-order valence-electron chi connectivity index (χ3n) is 4.38. The molecule has 3 rings (SSSR count). The van der Waals surface area contributed by atoms with E-state index in [1.165, 1.54) is 11.3 Å². The van der Waals surface area contributed by atoms with E-state index in [-0.39, 0.29) is 17.6 Å². The Morgan fingerprint density at radius 3 is 2.85 bits per heavy atom. The van der Waals surface area contributed by atoms with E-state index in [4.69, 9.17) is 0 Å². The van der Waals surface area contributed by atoms with Gasteiger partial charge in [-0.2, -0.15) is 0 Å². The minimum atomic E-state index is -3.50. The Morgan fingerprint density at radius 1 is 1.40 bits per heavy atom. The first-order valence-electron chi connectivity index (χ1n) is 6.97. The molecule has 2 aliphatic carbocycles. The Labute approximate surface area is 122 Å². The summed E-state index contributed by atoms with van der Waals surface area (Å²) in [4.78, 5) is 15.9. The SMILES string of the molecule is O=C(CCc1nccs1)NS(=O)(=O)C1C[C@@H]2CC[C@H]1C2. The molecular formula is C13H18N2O3S2. The molecule has 5 nitrogen and oxygen atoms in total. The summed E-state index contributed by atoms with van der Waals surface area (Å²) in [7, 11) is -3.50. The number of carbonyl (C=O) groups excluding carboxylic acids is 1. The zero-order valence-corrected chi connectivity index (χ0v) is 12.8. The van der Waals surface area contributed by atoms with E-state index in [2.05, 4.69) is 9.71 Å². The van der Waals surface area contributed by atoms with Crippen molar-refractivity contribution in [1.82, 2.24) is 9.71 Å². The largest absolute Gasteiger partial charge is 0.274 e. The molecule has 0 saturated heterocycles. The van der Waals surface area contributed by atoms with Crippen LogP contribution in [0.3, 0.4) is 0 Å². The number of thiazole rings is 1. The van der Waals surface area contributed by atoms with E-state index in [1.54, 1.807) is 6.20 Å². The van der Waals surface area contributed by atoms with Crippen LogP contribution in [-0.4, -0.2) is 24.6 Å². The average Bonchev–Trinajstić information content (AvgIpc) is 3.13. The highest BCUT2D eigenvalue weighted by Crippen LogP contribution is 2.47. The van der Waals surface area contributed by atoms with Gasteiger partial charge in [0, 0.05) is 24.4 Å². The van der Waals surface area contributed by atoms with Crippen molar-refractivity contribution in [2.45, 2.75) is 43.8 Å². The summed E-state index contributed by atoms with van der Waals surface area (Å²) >= 11 is 1.48. The van der Waals surface area contributed by atoms with Crippen LogP contribution in [0.15, 0.2) is 11.6 Å². The summed E-state index contributed by atoms with van der Waals surface area (Å²) in [6, 6.07) is 0. The molecule has 0 spiro atoms. The van der Waals surface area contributed by atoms with Crippen molar-refractivity contribution in [1.29, 1.82) is 0 Å². The Bertz CT molecular complexity index is 583. The first-order valence-corrected chi connectivity index (χ1v) is 9.40. The zero-order chi connectivity index (χ0) is 14.2. The molecule has 3 atom stereocenters. The third kappa shape index (κ3) is 2.88. The highest BCUT2D eigenvalue weighted by Gasteiger charge is 2.46. The van der Waals surface area contributed by atoms with Crippen LogP contribution in [0.4, 0.5) is 0 Å². The van der Waals surface area contributed by atoms with Crippen LogP contribution in [0.25, 0.3) is 0 Å². The predicted octanol–water partition coefficient (Wildman–Crippen LogP) is 1.71. The van der Waals surface area contributed by atoms with Crippen molar-refractivity contribution < 1.29 is 13.2 Å². The minimum absolute atomic E-state index is 0.174. The molecule has 2 fully saturated rings. The summed E-state index contributed by atoms with van der Waals surface area (Å²) < 4.78 is 26.8. The number of hydrogen-bond donors (Lipinski definition) is 1. The van der Waals surface area contributed by atoms with Gasteiger partial charge in [0.1, 0.15) is 0 Å². The van der Waals surface area contributed by atoms with Crippen molar-refractivity contribution in [3.63, 3.8) is 0 Å². The Morgan fingerprint density at radius 2 is 2.25 bits per heavy atom. The number of aryl methyl sites for hydroxylation is 1. The predicted molar refractivity (Wildman–Crippen MR) is 76.7 cm³/mol. The lowest BCUT2D eigenvalue weighted by Gasteiger charge is -2.21. The second kappa shape index (κ2) is 5.44. The van der Waals surface area contributed by atoms with Crippen molar-refractivity contribution in [2.75, 3.05) is 0 Å². The van der Waals surface area contributed by atoms with Crippen LogP contribution in [0.1, 0.15) is 37.1 Å². The number of aromatic nitrogens is 1. The second-order valence-corrected chi connectivity index (χ2v) is 8.59. The van der Waals surface area contributed by atoms with Crippen LogP contribution in [-0.2, 0) is 21.2 Å². The molecule has 2 saturated carbocycles. The Hall–Kier alpha value is -0.950. The molecule has 7 heteroatoms. The Kier molecular flexibility index (Phi) is 3.81. The monoisotopic (exact) mass is 314 g/mol. The van der Waals surface area contributed by atoms with Gasteiger partial charge >= 0.3 is 0 Å². The smallest absolute Gasteiger partial charge is 0.238 e. The highest BCUT2D eigenvalue weighted by molar-refractivity contribution is 7.90. The molecule has 110 valence electrons. The van der Waals surface area contributed by atoms with Crippen LogP contribution in [0, 0.1) is 11.8 Å². The summed E-state index contributed by atoms with van der Waals surface area (Å²) in [5.41, 5.74) is 0. The van der Waals surface area contributed by atoms with Gasteiger partial charge in [0.05, 0.1) is 10.3 Å². The molecule has 1 aromatic rings. The van der Waals surface area contributed by atoms with Crippen molar-refractivity contribution in [2.24, 2.45) is 11.8 Å². The number of fused-ring (bicyclic) bond motifs is 2. The first kappa shape index (κ1) is 14.0. The summed E-state index contributed by atoms with van der Waals surface area (Å²) in [5.74, 6) is 0.388. The van der Waals surface area contributed by atoms with E-state index in [9.17, 15) is 13.2 Å². The fraction of sp³-hybridized carbons (Fsp3) is 0.692. The maximum Gasteiger partial charge on any atom is 0.238 e. The van der Waals surface area contributed by atoms with E-state index < -0.39 is 15.9 Å². The Balaban J connectivity index is 1.55. The molecule has 1 N–H and O–H groups in total. The molecule has 0 radical (unpaired) electrons. The van der Waals surface area contributed by atoms with Crippen LogP contribution < -0.4 is 4.72 Å². The summed E-state index contributed by atoms with van der Waals surface area (Å²) in [6.45, 7) is 0. The molecule has 1 heterocycles. The lowest BCUT2D eigenvalue weighted by molar-refractivity contribution is -0.119. The number of sulfonamides is 1. The number of carbonyl (C=O) groups is 1. The van der Waals surface area contributed by atoms with Crippen molar-refractivity contribution in [3.8, 4) is 0 Å². The van der Waals surface area contributed by atoms with E-state index in [0.717, 1.165) is 30.7 Å². The van der Waals surface area contributed by atoms with Gasteiger partial charge in [-0.3, -0.25) is 9.52 Å². The quantitative estimate of drug-likeness (QED) is 0.897.